The second-order valence-electron chi connectivity index (χ2n) is 6.46. The molecule has 2 aromatic rings. The van der Waals surface area contributed by atoms with E-state index >= 15 is 0 Å². The minimum atomic E-state index is -4.25. The molecule has 0 unspecified atom stereocenters. The average molecular weight is 384 g/mol. The SMILES string of the molecule is CC(C)NCCn1c(CCC(F)(F)F)nc2cc(/C=C/C(=O)NO)ccc21. The zero-order valence-corrected chi connectivity index (χ0v) is 15.2. The van der Waals surface area contributed by atoms with E-state index in [9.17, 15) is 18.0 Å². The van der Waals surface area contributed by atoms with Gasteiger partial charge in [-0.05, 0) is 23.8 Å². The number of carbonyl (C=O) groups is 1. The molecule has 1 amide bonds. The molecule has 0 bridgehead atoms. The highest BCUT2D eigenvalue weighted by Gasteiger charge is 2.28. The number of carbonyl (C=O) groups excluding carboxylic acids is 1. The molecule has 0 atom stereocenters. The van der Waals surface area contributed by atoms with Crippen LogP contribution >= 0.6 is 0 Å². The molecule has 9 heteroatoms. The summed E-state index contributed by atoms with van der Waals surface area (Å²) in [6.45, 7) is 5.11. The number of aromatic nitrogens is 2. The van der Waals surface area contributed by atoms with Gasteiger partial charge in [-0.15, -0.1) is 0 Å². The minimum Gasteiger partial charge on any atom is -0.327 e. The van der Waals surface area contributed by atoms with E-state index in [-0.39, 0.29) is 12.5 Å². The number of alkyl halides is 3. The Morgan fingerprint density at radius 2 is 2.11 bits per heavy atom. The standard InChI is InChI=1S/C18H23F3N4O2/c1-12(2)22-9-10-25-15-5-3-13(4-6-17(26)24-27)11-14(15)23-16(25)7-8-18(19,20)21/h3-6,11-12,22,27H,7-10H2,1-2H3,(H,24,26)/b6-4+. The highest BCUT2D eigenvalue weighted by Crippen LogP contribution is 2.24. The van der Waals surface area contributed by atoms with Crippen LogP contribution in [0.25, 0.3) is 17.1 Å². The van der Waals surface area contributed by atoms with Crippen molar-refractivity contribution in [2.24, 2.45) is 0 Å². The van der Waals surface area contributed by atoms with Crippen LogP contribution in [0.3, 0.4) is 0 Å². The molecule has 0 radical (unpaired) electrons. The highest BCUT2D eigenvalue weighted by molar-refractivity contribution is 5.91. The first-order valence-corrected chi connectivity index (χ1v) is 8.61. The Balaban J connectivity index is 2.32. The molecule has 1 aromatic carbocycles. The fraction of sp³-hybridized carbons (Fsp3) is 0.444. The topological polar surface area (TPSA) is 79.2 Å². The predicted octanol–water partition coefficient (Wildman–Crippen LogP) is 3.05. The number of nitrogens with one attached hydrogen (secondary N) is 2. The van der Waals surface area contributed by atoms with E-state index in [1.54, 1.807) is 22.8 Å². The van der Waals surface area contributed by atoms with Crippen molar-refractivity contribution < 1.29 is 23.2 Å². The molecule has 1 heterocycles. The van der Waals surface area contributed by atoms with Crippen LogP contribution in [-0.4, -0.2) is 39.4 Å². The number of rotatable bonds is 8. The predicted molar refractivity (Wildman–Crippen MR) is 96.2 cm³/mol. The highest BCUT2D eigenvalue weighted by atomic mass is 19.4. The van der Waals surface area contributed by atoms with Crippen LogP contribution in [0.4, 0.5) is 13.2 Å². The lowest BCUT2D eigenvalue weighted by Crippen LogP contribution is -2.27. The third kappa shape index (κ3) is 6.37. The average Bonchev–Trinajstić information content (AvgIpc) is 2.94. The molecule has 0 aliphatic heterocycles. The zero-order valence-electron chi connectivity index (χ0n) is 15.2. The maximum Gasteiger partial charge on any atom is 0.389 e. The van der Waals surface area contributed by atoms with E-state index in [1.807, 2.05) is 13.8 Å². The number of benzene rings is 1. The van der Waals surface area contributed by atoms with Crippen LogP contribution in [-0.2, 0) is 17.8 Å². The van der Waals surface area contributed by atoms with Crippen LogP contribution in [0.15, 0.2) is 24.3 Å². The van der Waals surface area contributed by atoms with Gasteiger partial charge >= 0.3 is 6.18 Å². The van der Waals surface area contributed by atoms with E-state index in [0.29, 0.717) is 30.0 Å². The normalized spacial score (nSPS) is 12.4. The summed E-state index contributed by atoms with van der Waals surface area (Å²) in [7, 11) is 0. The van der Waals surface area contributed by atoms with Gasteiger partial charge in [0.2, 0.25) is 0 Å². The molecule has 27 heavy (non-hydrogen) atoms. The third-order valence-electron chi connectivity index (χ3n) is 3.91. The number of hydrogen-bond donors (Lipinski definition) is 3. The van der Waals surface area contributed by atoms with Crippen molar-refractivity contribution in [2.75, 3.05) is 6.54 Å². The van der Waals surface area contributed by atoms with Gasteiger partial charge < -0.3 is 9.88 Å². The quantitative estimate of drug-likeness (QED) is 0.371. The monoisotopic (exact) mass is 384 g/mol. The number of nitrogens with zero attached hydrogens (tertiary/aromatic N) is 2. The van der Waals surface area contributed by atoms with Crippen molar-refractivity contribution >= 4 is 23.0 Å². The fourth-order valence-electron chi connectivity index (χ4n) is 2.67. The largest absolute Gasteiger partial charge is 0.389 e. The number of hydroxylamine groups is 1. The van der Waals surface area contributed by atoms with Crippen molar-refractivity contribution in [3.63, 3.8) is 0 Å². The maximum absolute atomic E-state index is 12.6. The molecule has 0 saturated carbocycles. The zero-order chi connectivity index (χ0) is 20.0. The number of amides is 1. The van der Waals surface area contributed by atoms with E-state index < -0.39 is 18.5 Å². The van der Waals surface area contributed by atoms with Crippen LogP contribution in [0.1, 0.15) is 31.7 Å². The van der Waals surface area contributed by atoms with Gasteiger partial charge in [-0.25, -0.2) is 10.5 Å². The molecule has 0 fully saturated rings. The van der Waals surface area contributed by atoms with Crippen LogP contribution in [0.2, 0.25) is 0 Å². The lowest BCUT2D eigenvalue weighted by Gasteiger charge is -2.13. The Morgan fingerprint density at radius 1 is 1.37 bits per heavy atom. The molecule has 0 aliphatic rings. The van der Waals surface area contributed by atoms with Gasteiger partial charge in [-0.2, -0.15) is 13.2 Å². The van der Waals surface area contributed by atoms with Crippen LogP contribution in [0, 0.1) is 0 Å². The van der Waals surface area contributed by atoms with Crippen molar-refractivity contribution in [1.82, 2.24) is 20.3 Å². The van der Waals surface area contributed by atoms with Gasteiger partial charge in [0, 0.05) is 31.6 Å². The summed E-state index contributed by atoms with van der Waals surface area (Å²) in [5, 5.41) is 11.8. The van der Waals surface area contributed by atoms with Gasteiger partial charge in [0.25, 0.3) is 5.91 Å². The number of fused-ring (bicyclic) bond motifs is 1. The first-order chi connectivity index (χ1) is 12.7. The summed E-state index contributed by atoms with van der Waals surface area (Å²) < 4.78 is 39.7. The molecular formula is C18H23F3N4O2. The lowest BCUT2D eigenvalue weighted by molar-refractivity contribution is -0.134. The number of aryl methyl sites for hydroxylation is 1. The van der Waals surface area contributed by atoms with Gasteiger partial charge in [-0.1, -0.05) is 19.9 Å². The molecule has 148 valence electrons. The lowest BCUT2D eigenvalue weighted by atomic mass is 10.2. The summed E-state index contributed by atoms with van der Waals surface area (Å²) in [4.78, 5) is 15.5. The molecule has 0 aliphatic carbocycles. The van der Waals surface area contributed by atoms with E-state index in [0.717, 1.165) is 11.6 Å². The Bertz CT molecular complexity index is 813. The fourth-order valence-corrected chi connectivity index (χ4v) is 2.67. The molecule has 0 spiro atoms. The Morgan fingerprint density at radius 3 is 2.74 bits per heavy atom. The van der Waals surface area contributed by atoms with Gasteiger partial charge in [-0.3, -0.25) is 10.0 Å². The van der Waals surface area contributed by atoms with Crippen molar-refractivity contribution in [3.8, 4) is 0 Å². The third-order valence-corrected chi connectivity index (χ3v) is 3.91. The number of halogens is 3. The van der Waals surface area contributed by atoms with Crippen LogP contribution in [0.5, 0.6) is 0 Å². The second-order valence-corrected chi connectivity index (χ2v) is 6.46. The van der Waals surface area contributed by atoms with E-state index in [2.05, 4.69) is 10.3 Å². The second kappa shape index (κ2) is 9.01. The maximum atomic E-state index is 12.6. The molecule has 0 saturated heterocycles. The van der Waals surface area contributed by atoms with Crippen LogP contribution < -0.4 is 10.8 Å². The number of imidazole rings is 1. The Labute approximate surface area is 155 Å². The summed E-state index contributed by atoms with van der Waals surface area (Å²) in [5.41, 5.74) is 3.44. The first kappa shape index (κ1) is 20.9. The number of hydrogen-bond acceptors (Lipinski definition) is 4. The van der Waals surface area contributed by atoms with Crippen molar-refractivity contribution in [2.45, 2.75) is 45.5 Å². The molecule has 6 nitrogen and oxygen atoms in total. The smallest absolute Gasteiger partial charge is 0.327 e. The first-order valence-electron chi connectivity index (χ1n) is 8.61. The molecule has 3 N–H and O–H groups in total. The van der Waals surface area contributed by atoms with Crippen molar-refractivity contribution in [1.29, 1.82) is 0 Å². The van der Waals surface area contributed by atoms with Crippen molar-refractivity contribution in [3.05, 3.63) is 35.7 Å². The Kier molecular flexibility index (Phi) is 6.98. The molecule has 1 aromatic heterocycles. The van der Waals surface area contributed by atoms with E-state index in [4.69, 9.17) is 5.21 Å². The van der Waals surface area contributed by atoms with Gasteiger partial charge in [0.15, 0.2) is 0 Å². The minimum absolute atomic E-state index is 0.196. The molecular weight excluding hydrogens is 361 g/mol. The van der Waals surface area contributed by atoms with Gasteiger partial charge in [0.1, 0.15) is 5.82 Å². The van der Waals surface area contributed by atoms with Gasteiger partial charge in [0.05, 0.1) is 17.5 Å². The molecule has 2 rings (SSSR count). The summed E-state index contributed by atoms with van der Waals surface area (Å²) in [5.74, 6) is -0.298. The van der Waals surface area contributed by atoms with E-state index in [1.165, 1.54) is 11.6 Å². The summed E-state index contributed by atoms with van der Waals surface area (Å²) in [6, 6.07) is 5.48. The Hall–Kier alpha value is -2.39. The summed E-state index contributed by atoms with van der Waals surface area (Å²) >= 11 is 0. The summed E-state index contributed by atoms with van der Waals surface area (Å²) in [6.07, 6.45) is -2.74.